The van der Waals surface area contributed by atoms with E-state index in [0.29, 0.717) is 36.4 Å². The van der Waals surface area contributed by atoms with Gasteiger partial charge in [0.15, 0.2) is 0 Å². The van der Waals surface area contributed by atoms with E-state index < -0.39 is 0 Å². The SMILES string of the molecule is CC1(Cc2ccccc2)COC(c2cccc(C3=NC(C)(Cc4ccccc4)CO3)n2)=N1.[Cl-].[Cl-].[Cl-].[Nd+3]. The summed E-state index contributed by atoms with van der Waals surface area (Å²) in [5.41, 5.74) is 3.31. The predicted molar refractivity (Wildman–Crippen MR) is 126 cm³/mol. The van der Waals surface area contributed by atoms with E-state index in [-0.39, 0.29) is 89.1 Å². The minimum absolute atomic E-state index is 0. The summed E-state index contributed by atoms with van der Waals surface area (Å²) < 4.78 is 11.9. The molecule has 1 radical (unpaired) electrons. The molecule has 0 fully saturated rings. The van der Waals surface area contributed by atoms with Gasteiger partial charge in [0.25, 0.3) is 0 Å². The monoisotopic (exact) mass is 672 g/mol. The van der Waals surface area contributed by atoms with Gasteiger partial charge in [0.1, 0.15) is 24.6 Å². The van der Waals surface area contributed by atoms with Crippen molar-refractivity contribution in [1.29, 1.82) is 0 Å². The van der Waals surface area contributed by atoms with Crippen molar-refractivity contribution < 1.29 is 87.5 Å². The fourth-order valence-electron chi connectivity index (χ4n) is 4.25. The molecule has 187 valence electrons. The second kappa shape index (κ2) is 14.1. The quantitative estimate of drug-likeness (QED) is 0.266. The van der Waals surface area contributed by atoms with Gasteiger partial charge in [-0.2, -0.15) is 0 Å². The van der Waals surface area contributed by atoms with Gasteiger partial charge in [-0.1, -0.05) is 66.7 Å². The van der Waals surface area contributed by atoms with Gasteiger partial charge in [-0.15, -0.1) is 0 Å². The molecule has 0 amide bonds. The first-order valence-corrected chi connectivity index (χ1v) is 11.0. The van der Waals surface area contributed by atoms with E-state index in [9.17, 15) is 0 Å². The number of halogens is 3. The second-order valence-electron chi connectivity index (χ2n) is 9.14. The normalized spacial score (nSPS) is 21.7. The zero-order chi connectivity index (χ0) is 22.0. The molecule has 3 aromatic rings. The van der Waals surface area contributed by atoms with E-state index in [1.165, 1.54) is 11.1 Å². The Labute approximate surface area is 264 Å². The van der Waals surface area contributed by atoms with E-state index in [1.54, 1.807) is 0 Å². The van der Waals surface area contributed by atoms with E-state index in [4.69, 9.17) is 24.4 Å². The summed E-state index contributed by atoms with van der Waals surface area (Å²) in [5, 5.41) is 0. The summed E-state index contributed by atoms with van der Waals surface area (Å²) in [6.45, 7) is 5.32. The molecular weight excluding hydrogens is 649 g/mol. The maximum absolute atomic E-state index is 5.97. The number of pyridine rings is 1. The van der Waals surface area contributed by atoms with Crippen LogP contribution in [-0.4, -0.2) is 41.1 Å². The average molecular weight is 676 g/mol. The van der Waals surface area contributed by atoms with Gasteiger partial charge in [-0.3, -0.25) is 0 Å². The van der Waals surface area contributed by atoms with Crippen LogP contribution in [0.4, 0.5) is 0 Å². The largest absolute Gasteiger partial charge is 3.00 e. The predicted octanol–water partition coefficient (Wildman–Crippen LogP) is -4.35. The molecule has 0 aliphatic carbocycles. The zero-order valence-corrected chi connectivity index (χ0v) is 25.6. The molecule has 2 aliphatic heterocycles. The Balaban J connectivity index is 0.00000162. The molecule has 36 heavy (non-hydrogen) atoms. The van der Waals surface area contributed by atoms with Crippen LogP contribution in [-0.2, 0) is 22.3 Å². The van der Waals surface area contributed by atoms with Crippen molar-refractivity contribution in [3.8, 4) is 0 Å². The minimum atomic E-state index is -0.302. The Kier molecular flexibility index (Phi) is 12.8. The molecule has 0 saturated heterocycles. The average Bonchev–Trinajstić information content (AvgIpc) is 3.38. The Hall–Kier alpha value is -1.25. The van der Waals surface area contributed by atoms with Crippen molar-refractivity contribution in [2.45, 2.75) is 37.8 Å². The molecular formula is C27H27Cl3N3NdO2. The first-order valence-electron chi connectivity index (χ1n) is 11.0. The second-order valence-corrected chi connectivity index (χ2v) is 9.14. The van der Waals surface area contributed by atoms with Gasteiger partial charge in [0.05, 0.1) is 11.1 Å². The smallest absolute Gasteiger partial charge is 1.00 e. The summed E-state index contributed by atoms with van der Waals surface area (Å²) >= 11 is 0. The van der Waals surface area contributed by atoms with Crippen molar-refractivity contribution >= 4 is 11.8 Å². The molecule has 2 atom stereocenters. The van der Waals surface area contributed by atoms with Crippen molar-refractivity contribution in [3.63, 3.8) is 0 Å². The van der Waals surface area contributed by atoms with Crippen molar-refractivity contribution in [2.24, 2.45) is 9.98 Å². The Morgan fingerprint density at radius 1 is 0.611 bits per heavy atom. The minimum Gasteiger partial charge on any atom is -1.00 e. The first kappa shape index (κ1) is 32.8. The van der Waals surface area contributed by atoms with Crippen LogP contribution in [0.2, 0.25) is 0 Å². The maximum Gasteiger partial charge on any atom is 3.00 e. The van der Waals surface area contributed by atoms with Gasteiger partial charge in [0, 0.05) is 12.8 Å². The van der Waals surface area contributed by atoms with Gasteiger partial charge in [0.2, 0.25) is 11.8 Å². The summed E-state index contributed by atoms with van der Waals surface area (Å²) in [7, 11) is 0. The third-order valence-corrected chi connectivity index (χ3v) is 5.83. The van der Waals surface area contributed by atoms with E-state index in [1.807, 2.05) is 30.3 Å². The fraction of sp³-hybridized carbons (Fsp3) is 0.296. The van der Waals surface area contributed by atoms with E-state index >= 15 is 0 Å². The molecule has 2 unspecified atom stereocenters. The topological polar surface area (TPSA) is 56.1 Å². The van der Waals surface area contributed by atoms with Crippen molar-refractivity contribution in [3.05, 3.63) is 101 Å². The van der Waals surface area contributed by atoms with Crippen LogP contribution in [0.25, 0.3) is 0 Å². The van der Waals surface area contributed by atoms with Crippen molar-refractivity contribution in [2.75, 3.05) is 13.2 Å². The van der Waals surface area contributed by atoms with Crippen LogP contribution in [0.1, 0.15) is 36.4 Å². The van der Waals surface area contributed by atoms with Gasteiger partial charge >= 0.3 is 40.8 Å². The van der Waals surface area contributed by atoms with Crippen LogP contribution < -0.4 is 37.2 Å². The Bertz CT molecular complexity index is 1090. The van der Waals surface area contributed by atoms with Crippen LogP contribution in [0.15, 0.2) is 88.8 Å². The molecule has 3 heterocycles. The molecule has 0 spiro atoms. The van der Waals surface area contributed by atoms with Crippen LogP contribution in [0.3, 0.4) is 0 Å². The first-order chi connectivity index (χ1) is 15.5. The zero-order valence-electron chi connectivity index (χ0n) is 20.1. The molecule has 5 nitrogen and oxygen atoms in total. The number of aromatic nitrogens is 1. The summed E-state index contributed by atoms with van der Waals surface area (Å²) in [6, 6.07) is 26.6. The van der Waals surface area contributed by atoms with Gasteiger partial charge in [-0.05, 0) is 37.1 Å². The third-order valence-electron chi connectivity index (χ3n) is 5.83. The Morgan fingerprint density at radius 2 is 1.00 bits per heavy atom. The van der Waals surface area contributed by atoms with Gasteiger partial charge < -0.3 is 46.7 Å². The van der Waals surface area contributed by atoms with Crippen molar-refractivity contribution in [1.82, 2.24) is 4.98 Å². The molecule has 2 aromatic carbocycles. The fourth-order valence-corrected chi connectivity index (χ4v) is 4.25. The number of ether oxygens (including phenoxy) is 2. The summed E-state index contributed by atoms with van der Waals surface area (Å²) in [5.74, 6) is 1.16. The number of benzene rings is 2. The number of rotatable bonds is 6. The third kappa shape index (κ3) is 7.87. The number of hydrogen-bond donors (Lipinski definition) is 0. The molecule has 2 aliphatic rings. The molecule has 0 N–H and O–H groups in total. The number of nitrogens with zero attached hydrogens (tertiary/aromatic N) is 3. The standard InChI is InChI=1S/C27H27N3O2.3ClH.Nd/c1-26(16-20-10-5-3-6-11-20)18-31-24(29-26)22-14-9-15-23(28-22)25-30-27(2,19-32-25)17-21-12-7-4-8-13-21;;;;/h3-15H,16-19H2,1-2H3;3*1H;/q;;;;+3/p-3. The summed E-state index contributed by atoms with van der Waals surface area (Å²) in [6.07, 6.45) is 1.65. The number of aliphatic imine (C=N–C) groups is 2. The van der Waals surface area contributed by atoms with E-state index in [0.717, 1.165) is 12.8 Å². The molecule has 1 aromatic heterocycles. The van der Waals surface area contributed by atoms with Crippen LogP contribution in [0.5, 0.6) is 0 Å². The maximum atomic E-state index is 5.97. The molecule has 5 rings (SSSR count). The molecule has 0 bridgehead atoms. The molecule has 0 saturated carbocycles. The van der Waals surface area contributed by atoms with Crippen LogP contribution in [0, 0.1) is 40.8 Å². The summed E-state index contributed by atoms with van der Waals surface area (Å²) in [4.78, 5) is 14.5. The molecule has 9 heteroatoms. The van der Waals surface area contributed by atoms with Crippen LogP contribution >= 0.6 is 0 Å². The van der Waals surface area contributed by atoms with Gasteiger partial charge in [-0.25, -0.2) is 15.0 Å². The van der Waals surface area contributed by atoms with E-state index in [2.05, 4.69) is 62.4 Å². The number of hydrogen-bond acceptors (Lipinski definition) is 5. The Morgan fingerprint density at radius 3 is 1.39 bits per heavy atom.